The minimum absolute atomic E-state index is 0.0156. The number of carbonyl (C=O) groups is 1. The van der Waals surface area contributed by atoms with Crippen LogP contribution in [0.3, 0.4) is 0 Å². The van der Waals surface area contributed by atoms with Gasteiger partial charge in [0.25, 0.3) is 0 Å². The Labute approximate surface area is 99.8 Å². The van der Waals surface area contributed by atoms with Gasteiger partial charge in [0, 0.05) is 11.6 Å². The standard InChI is InChI=1S/C12H17FN2O2/c1-3-15(7-12(14)17)8(2)10-6-9(13)4-5-11(10)16/h4-6,8,16H,3,7H2,1-2H3,(H2,14,17). The molecule has 94 valence electrons. The Balaban J connectivity index is 2.96. The van der Waals surface area contributed by atoms with Gasteiger partial charge < -0.3 is 10.8 Å². The number of rotatable bonds is 5. The van der Waals surface area contributed by atoms with Crippen molar-refractivity contribution in [3.8, 4) is 5.75 Å². The number of phenolic OH excluding ortho intramolecular Hbond substituents is 1. The van der Waals surface area contributed by atoms with E-state index in [1.54, 1.807) is 11.8 Å². The van der Waals surface area contributed by atoms with Crippen molar-refractivity contribution in [3.05, 3.63) is 29.6 Å². The second-order valence-electron chi connectivity index (χ2n) is 3.91. The maximum Gasteiger partial charge on any atom is 0.231 e. The molecular formula is C12H17FN2O2. The van der Waals surface area contributed by atoms with E-state index in [2.05, 4.69) is 0 Å². The normalized spacial score (nSPS) is 12.7. The number of amides is 1. The SMILES string of the molecule is CCN(CC(N)=O)C(C)c1cc(F)ccc1O. The summed E-state index contributed by atoms with van der Waals surface area (Å²) in [4.78, 5) is 12.7. The van der Waals surface area contributed by atoms with E-state index < -0.39 is 11.7 Å². The molecule has 0 aliphatic rings. The molecule has 0 fully saturated rings. The predicted molar refractivity (Wildman–Crippen MR) is 62.9 cm³/mol. The maximum atomic E-state index is 13.1. The lowest BCUT2D eigenvalue weighted by molar-refractivity contribution is -0.119. The monoisotopic (exact) mass is 240 g/mol. The largest absolute Gasteiger partial charge is 0.508 e. The van der Waals surface area contributed by atoms with Gasteiger partial charge in [0.2, 0.25) is 5.91 Å². The van der Waals surface area contributed by atoms with Crippen LogP contribution in [0.1, 0.15) is 25.5 Å². The summed E-state index contributed by atoms with van der Waals surface area (Å²) in [6.45, 7) is 4.32. The highest BCUT2D eigenvalue weighted by Gasteiger charge is 2.19. The summed E-state index contributed by atoms with van der Waals surface area (Å²) in [5, 5.41) is 9.67. The van der Waals surface area contributed by atoms with Gasteiger partial charge in [-0.15, -0.1) is 0 Å². The summed E-state index contributed by atoms with van der Waals surface area (Å²) in [7, 11) is 0. The summed E-state index contributed by atoms with van der Waals surface area (Å²) < 4.78 is 13.1. The molecule has 1 aromatic carbocycles. The quantitative estimate of drug-likeness (QED) is 0.817. The summed E-state index contributed by atoms with van der Waals surface area (Å²) in [5.41, 5.74) is 5.59. The van der Waals surface area contributed by atoms with Gasteiger partial charge in [0.05, 0.1) is 6.54 Å². The van der Waals surface area contributed by atoms with Gasteiger partial charge in [0.1, 0.15) is 11.6 Å². The number of carbonyl (C=O) groups excluding carboxylic acids is 1. The van der Waals surface area contributed by atoms with Gasteiger partial charge in [-0.1, -0.05) is 6.92 Å². The van der Waals surface area contributed by atoms with E-state index in [1.807, 2.05) is 6.92 Å². The molecule has 17 heavy (non-hydrogen) atoms. The third-order valence-corrected chi connectivity index (χ3v) is 2.75. The summed E-state index contributed by atoms with van der Waals surface area (Å²) in [5.74, 6) is -0.851. The molecule has 4 nitrogen and oxygen atoms in total. The zero-order valence-corrected chi connectivity index (χ0v) is 9.98. The number of benzene rings is 1. The van der Waals surface area contributed by atoms with E-state index in [-0.39, 0.29) is 18.3 Å². The van der Waals surface area contributed by atoms with E-state index in [0.29, 0.717) is 12.1 Å². The van der Waals surface area contributed by atoms with Crippen molar-refractivity contribution in [2.24, 2.45) is 5.73 Å². The zero-order chi connectivity index (χ0) is 13.0. The van der Waals surface area contributed by atoms with Crippen LogP contribution >= 0.6 is 0 Å². The first-order valence-corrected chi connectivity index (χ1v) is 5.46. The van der Waals surface area contributed by atoms with E-state index in [9.17, 15) is 14.3 Å². The molecular weight excluding hydrogens is 223 g/mol. The minimum atomic E-state index is -0.449. The fourth-order valence-corrected chi connectivity index (χ4v) is 1.78. The van der Waals surface area contributed by atoms with Crippen molar-refractivity contribution < 1.29 is 14.3 Å². The number of nitrogens with zero attached hydrogens (tertiary/aromatic N) is 1. The lowest BCUT2D eigenvalue weighted by Gasteiger charge is -2.27. The number of nitrogens with two attached hydrogens (primary N) is 1. The molecule has 1 rings (SSSR count). The second kappa shape index (κ2) is 5.63. The number of hydrogen-bond acceptors (Lipinski definition) is 3. The minimum Gasteiger partial charge on any atom is -0.508 e. The molecule has 1 unspecified atom stereocenters. The van der Waals surface area contributed by atoms with Crippen molar-refractivity contribution in [3.63, 3.8) is 0 Å². The molecule has 1 atom stereocenters. The fraction of sp³-hybridized carbons (Fsp3) is 0.417. The maximum absolute atomic E-state index is 13.1. The van der Waals surface area contributed by atoms with Gasteiger partial charge in [-0.25, -0.2) is 4.39 Å². The lowest BCUT2D eigenvalue weighted by Crippen LogP contribution is -2.35. The highest BCUT2D eigenvalue weighted by molar-refractivity contribution is 5.76. The average Bonchev–Trinajstić information content (AvgIpc) is 2.28. The molecule has 5 heteroatoms. The van der Waals surface area contributed by atoms with Crippen molar-refractivity contribution in [2.45, 2.75) is 19.9 Å². The Morgan fingerprint density at radius 3 is 2.76 bits per heavy atom. The van der Waals surface area contributed by atoms with Gasteiger partial charge in [-0.2, -0.15) is 0 Å². The zero-order valence-electron chi connectivity index (χ0n) is 9.98. The molecule has 0 heterocycles. The topological polar surface area (TPSA) is 66.6 Å². The number of aromatic hydroxyl groups is 1. The third kappa shape index (κ3) is 3.42. The van der Waals surface area contributed by atoms with Crippen molar-refractivity contribution >= 4 is 5.91 Å². The average molecular weight is 240 g/mol. The van der Waals surface area contributed by atoms with Gasteiger partial charge in [-0.3, -0.25) is 9.69 Å². The van der Waals surface area contributed by atoms with E-state index >= 15 is 0 Å². The molecule has 3 N–H and O–H groups in total. The van der Waals surface area contributed by atoms with Gasteiger partial charge in [-0.05, 0) is 31.7 Å². The first kappa shape index (κ1) is 13.4. The van der Waals surface area contributed by atoms with Crippen LogP contribution in [0.25, 0.3) is 0 Å². The Morgan fingerprint density at radius 1 is 1.59 bits per heavy atom. The molecule has 0 bridgehead atoms. The second-order valence-corrected chi connectivity index (χ2v) is 3.91. The van der Waals surface area contributed by atoms with Crippen LogP contribution in [0.4, 0.5) is 4.39 Å². The Hall–Kier alpha value is -1.62. The van der Waals surface area contributed by atoms with Crippen molar-refractivity contribution in [1.82, 2.24) is 4.90 Å². The summed E-state index contributed by atoms with van der Waals surface area (Å²) >= 11 is 0. The van der Waals surface area contributed by atoms with Crippen LogP contribution < -0.4 is 5.73 Å². The molecule has 0 aromatic heterocycles. The van der Waals surface area contributed by atoms with Crippen LogP contribution in [-0.2, 0) is 4.79 Å². The number of hydrogen-bond donors (Lipinski definition) is 2. The fourth-order valence-electron chi connectivity index (χ4n) is 1.78. The van der Waals surface area contributed by atoms with Gasteiger partial charge in [0.15, 0.2) is 0 Å². The van der Waals surface area contributed by atoms with Gasteiger partial charge >= 0.3 is 0 Å². The molecule has 1 amide bonds. The number of likely N-dealkylation sites (N-methyl/N-ethyl adjacent to an activating group) is 1. The molecule has 0 radical (unpaired) electrons. The Morgan fingerprint density at radius 2 is 2.24 bits per heavy atom. The summed E-state index contributed by atoms with van der Waals surface area (Å²) in [6.07, 6.45) is 0. The first-order valence-electron chi connectivity index (χ1n) is 5.46. The smallest absolute Gasteiger partial charge is 0.231 e. The highest BCUT2D eigenvalue weighted by Crippen LogP contribution is 2.28. The number of halogens is 1. The van der Waals surface area contributed by atoms with Crippen LogP contribution in [-0.4, -0.2) is 29.0 Å². The van der Waals surface area contributed by atoms with Crippen molar-refractivity contribution in [2.75, 3.05) is 13.1 Å². The molecule has 1 aromatic rings. The Bertz CT molecular complexity index is 409. The van der Waals surface area contributed by atoms with E-state index in [4.69, 9.17) is 5.73 Å². The van der Waals surface area contributed by atoms with Crippen molar-refractivity contribution in [1.29, 1.82) is 0 Å². The predicted octanol–water partition coefficient (Wildman–Crippen LogP) is 1.40. The van der Waals surface area contributed by atoms with Crippen LogP contribution in [0, 0.1) is 5.82 Å². The number of primary amides is 1. The number of phenols is 1. The van der Waals surface area contributed by atoms with E-state index in [0.717, 1.165) is 0 Å². The molecule has 0 aliphatic heterocycles. The van der Waals surface area contributed by atoms with E-state index in [1.165, 1.54) is 18.2 Å². The Kier molecular flexibility index (Phi) is 4.45. The first-order chi connectivity index (χ1) is 7.95. The van der Waals surface area contributed by atoms with Crippen LogP contribution in [0.2, 0.25) is 0 Å². The molecule has 0 saturated carbocycles. The third-order valence-electron chi connectivity index (χ3n) is 2.75. The van der Waals surface area contributed by atoms with Crippen LogP contribution in [0.5, 0.6) is 5.75 Å². The summed E-state index contributed by atoms with van der Waals surface area (Å²) in [6, 6.07) is 3.49. The highest BCUT2D eigenvalue weighted by atomic mass is 19.1. The lowest BCUT2D eigenvalue weighted by atomic mass is 10.1. The molecule has 0 aliphatic carbocycles. The molecule has 0 saturated heterocycles. The molecule has 0 spiro atoms. The van der Waals surface area contributed by atoms with Crippen LogP contribution in [0.15, 0.2) is 18.2 Å².